The number of hydrogen-bond donors (Lipinski definition) is 1. The molecule has 1 unspecified atom stereocenters. The summed E-state index contributed by atoms with van der Waals surface area (Å²) in [5.74, 6) is 0.0263. The van der Waals surface area contributed by atoms with Gasteiger partial charge in [0.2, 0.25) is 0 Å². The Morgan fingerprint density at radius 2 is 1.84 bits per heavy atom. The van der Waals surface area contributed by atoms with Gasteiger partial charge in [0.05, 0.1) is 22.3 Å². The summed E-state index contributed by atoms with van der Waals surface area (Å²) in [6, 6.07) is 17.1. The fourth-order valence-electron chi connectivity index (χ4n) is 3.31. The summed E-state index contributed by atoms with van der Waals surface area (Å²) in [5.41, 5.74) is 2.32. The molecule has 4 rings (SSSR count). The number of halogens is 3. The van der Waals surface area contributed by atoms with Gasteiger partial charge in [-0.25, -0.2) is 0 Å². The maximum atomic E-state index is 12.9. The molecule has 0 aliphatic carbocycles. The maximum absolute atomic E-state index is 12.9. The molecule has 0 saturated heterocycles. The van der Waals surface area contributed by atoms with Gasteiger partial charge in [0.1, 0.15) is 5.75 Å². The second kappa shape index (κ2) is 8.79. The summed E-state index contributed by atoms with van der Waals surface area (Å²) in [5, 5.41) is 4.07. The van der Waals surface area contributed by atoms with Crippen LogP contribution in [0, 0.1) is 0 Å². The number of carbonyl (C=O) groups is 2. The Morgan fingerprint density at radius 1 is 1.03 bits per heavy atom. The van der Waals surface area contributed by atoms with E-state index in [4.69, 9.17) is 39.5 Å². The number of amides is 2. The van der Waals surface area contributed by atoms with Crippen LogP contribution in [0.4, 0.5) is 11.4 Å². The van der Waals surface area contributed by atoms with Crippen molar-refractivity contribution < 1.29 is 14.3 Å². The van der Waals surface area contributed by atoms with E-state index in [0.717, 1.165) is 5.56 Å². The van der Waals surface area contributed by atoms with Crippen molar-refractivity contribution in [3.63, 3.8) is 0 Å². The van der Waals surface area contributed by atoms with Crippen LogP contribution in [-0.4, -0.2) is 17.9 Å². The minimum atomic E-state index is -0.622. The predicted octanol–water partition coefficient (Wildman–Crippen LogP) is 6.21. The van der Waals surface area contributed by atoms with Crippen LogP contribution in [-0.2, 0) is 11.3 Å². The summed E-state index contributed by atoms with van der Waals surface area (Å²) in [6.45, 7) is 2.03. The Bertz CT molecular complexity index is 1180. The molecule has 0 saturated carbocycles. The predicted molar refractivity (Wildman–Crippen MR) is 124 cm³/mol. The summed E-state index contributed by atoms with van der Waals surface area (Å²) in [6.07, 6.45) is -0.622. The third-order valence-electron chi connectivity index (χ3n) is 4.84. The molecule has 0 fully saturated rings. The smallest absolute Gasteiger partial charge is 0.268 e. The number of nitrogens with zero attached hydrogens (tertiary/aromatic N) is 1. The van der Waals surface area contributed by atoms with Crippen LogP contribution in [0.2, 0.25) is 15.1 Å². The van der Waals surface area contributed by atoms with Gasteiger partial charge in [0.15, 0.2) is 6.10 Å². The van der Waals surface area contributed by atoms with E-state index in [2.05, 4.69) is 5.32 Å². The second-order valence-electron chi connectivity index (χ2n) is 7.08. The molecule has 3 aromatic carbocycles. The minimum absolute atomic E-state index is 0.180. The van der Waals surface area contributed by atoms with Crippen LogP contribution in [0.15, 0.2) is 60.7 Å². The number of rotatable bonds is 4. The molecule has 1 aliphatic rings. The Morgan fingerprint density at radius 3 is 2.58 bits per heavy atom. The number of fused-ring (bicyclic) bond motifs is 1. The zero-order valence-electron chi connectivity index (χ0n) is 16.4. The first-order valence-electron chi connectivity index (χ1n) is 9.45. The highest BCUT2D eigenvalue weighted by atomic mass is 35.5. The summed E-state index contributed by atoms with van der Waals surface area (Å²) >= 11 is 18.0. The number of nitrogens with one attached hydrogen (secondary N) is 1. The molecule has 0 aromatic heterocycles. The summed E-state index contributed by atoms with van der Waals surface area (Å²) in [7, 11) is 0. The van der Waals surface area contributed by atoms with Crippen molar-refractivity contribution in [1.29, 1.82) is 0 Å². The molecule has 0 radical (unpaired) electrons. The van der Waals surface area contributed by atoms with Gasteiger partial charge in [-0.2, -0.15) is 0 Å². The van der Waals surface area contributed by atoms with Gasteiger partial charge in [-0.3, -0.25) is 9.59 Å². The SMILES string of the molecule is CC1Oc2ccc(NC(=O)c3ccc(Cl)c(Cl)c3)cc2N(Cc2cccc(Cl)c2)C1=O. The standard InChI is InChI=1S/C23H17Cl3N2O3/c1-13-23(30)28(12-14-3-2-4-16(24)9-14)20-11-17(6-8-21(20)31-13)27-22(29)15-5-7-18(25)19(26)10-15/h2-11,13H,12H2,1H3,(H,27,29). The molecule has 1 atom stereocenters. The van der Waals surface area contributed by atoms with Crippen LogP contribution >= 0.6 is 34.8 Å². The lowest BCUT2D eigenvalue weighted by atomic mass is 10.1. The Labute approximate surface area is 194 Å². The summed E-state index contributed by atoms with van der Waals surface area (Å²) in [4.78, 5) is 27.1. The van der Waals surface area contributed by atoms with Gasteiger partial charge in [0.25, 0.3) is 11.8 Å². The topological polar surface area (TPSA) is 58.6 Å². The van der Waals surface area contributed by atoms with Crippen LogP contribution in [0.1, 0.15) is 22.8 Å². The molecule has 8 heteroatoms. The monoisotopic (exact) mass is 474 g/mol. The van der Waals surface area contributed by atoms with E-state index in [-0.39, 0.29) is 11.8 Å². The van der Waals surface area contributed by atoms with Gasteiger partial charge >= 0.3 is 0 Å². The zero-order chi connectivity index (χ0) is 22.1. The number of ether oxygens (including phenoxy) is 1. The molecular weight excluding hydrogens is 459 g/mol. The molecule has 158 valence electrons. The lowest BCUT2D eigenvalue weighted by molar-refractivity contribution is -0.125. The van der Waals surface area contributed by atoms with Crippen molar-refractivity contribution in [1.82, 2.24) is 0 Å². The molecule has 2 amide bonds. The van der Waals surface area contributed by atoms with Crippen molar-refractivity contribution in [2.45, 2.75) is 19.6 Å². The van der Waals surface area contributed by atoms with Gasteiger partial charge < -0.3 is 15.0 Å². The molecule has 5 nitrogen and oxygen atoms in total. The second-order valence-corrected chi connectivity index (χ2v) is 8.33. The first-order chi connectivity index (χ1) is 14.8. The molecule has 0 spiro atoms. The van der Waals surface area contributed by atoms with E-state index in [0.29, 0.717) is 44.3 Å². The van der Waals surface area contributed by atoms with Crippen molar-refractivity contribution in [2.75, 3.05) is 10.2 Å². The average Bonchev–Trinajstić information content (AvgIpc) is 2.74. The first-order valence-corrected chi connectivity index (χ1v) is 10.6. The Balaban J connectivity index is 1.63. The molecule has 1 heterocycles. The molecular formula is C23H17Cl3N2O3. The van der Waals surface area contributed by atoms with E-state index in [1.165, 1.54) is 6.07 Å². The average molecular weight is 476 g/mol. The highest BCUT2D eigenvalue weighted by Gasteiger charge is 2.32. The van der Waals surface area contributed by atoms with Gasteiger partial charge in [-0.15, -0.1) is 0 Å². The van der Waals surface area contributed by atoms with Gasteiger partial charge in [-0.1, -0.05) is 46.9 Å². The largest absolute Gasteiger partial charge is 0.479 e. The highest BCUT2D eigenvalue weighted by Crippen LogP contribution is 2.37. The molecule has 1 aliphatic heterocycles. The van der Waals surface area contributed by atoms with E-state index >= 15 is 0 Å². The third kappa shape index (κ3) is 4.64. The van der Waals surface area contributed by atoms with Gasteiger partial charge in [-0.05, 0) is 61.0 Å². The summed E-state index contributed by atoms with van der Waals surface area (Å²) < 4.78 is 5.75. The fourth-order valence-corrected chi connectivity index (χ4v) is 3.82. The third-order valence-corrected chi connectivity index (χ3v) is 5.81. The zero-order valence-corrected chi connectivity index (χ0v) is 18.6. The number of carbonyl (C=O) groups excluding carboxylic acids is 2. The minimum Gasteiger partial charge on any atom is -0.479 e. The van der Waals surface area contributed by atoms with Crippen LogP contribution < -0.4 is 15.0 Å². The molecule has 3 aromatic rings. The highest BCUT2D eigenvalue weighted by molar-refractivity contribution is 6.42. The quantitative estimate of drug-likeness (QED) is 0.488. The number of benzene rings is 3. The van der Waals surface area contributed by atoms with Crippen LogP contribution in [0.5, 0.6) is 5.75 Å². The lowest BCUT2D eigenvalue weighted by Gasteiger charge is -2.33. The van der Waals surface area contributed by atoms with E-state index in [1.807, 2.05) is 18.2 Å². The Kier molecular flexibility index (Phi) is 6.10. The maximum Gasteiger partial charge on any atom is 0.268 e. The van der Waals surface area contributed by atoms with E-state index in [9.17, 15) is 9.59 Å². The first kappa shape index (κ1) is 21.5. The molecule has 0 bridgehead atoms. The Hall–Kier alpha value is -2.73. The molecule has 31 heavy (non-hydrogen) atoms. The van der Waals surface area contributed by atoms with E-state index in [1.54, 1.807) is 48.2 Å². The van der Waals surface area contributed by atoms with Crippen molar-refractivity contribution in [2.24, 2.45) is 0 Å². The number of anilines is 2. The van der Waals surface area contributed by atoms with Crippen LogP contribution in [0.3, 0.4) is 0 Å². The lowest BCUT2D eigenvalue weighted by Crippen LogP contribution is -2.44. The van der Waals surface area contributed by atoms with Gasteiger partial charge in [0, 0.05) is 16.3 Å². The van der Waals surface area contributed by atoms with Crippen molar-refractivity contribution in [3.8, 4) is 5.75 Å². The normalized spacial score (nSPS) is 15.3. The molecule has 1 N–H and O–H groups in total. The van der Waals surface area contributed by atoms with E-state index < -0.39 is 6.10 Å². The van der Waals surface area contributed by atoms with Crippen molar-refractivity contribution in [3.05, 3.63) is 86.9 Å². The number of hydrogen-bond acceptors (Lipinski definition) is 3. The van der Waals surface area contributed by atoms with Crippen molar-refractivity contribution >= 4 is 58.0 Å². The van der Waals surface area contributed by atoms with Crippen LogP contribution in [0.25, 0.3) is 0 Å². The fraction of sp³-hybridized carbons (Fsp3) is 0.130.